The number of hydrogen-bond donors (Lipinski definition) is 2. The van der Waals surface area contributed by atoms with E-state index in [4.69, 9.17) is 9.84 Å². The number of nitrogens with zero attached hydrogens (tertiary/aromatic N) is 2. The summed E-state index contributed by atoms with van der Waals surface area (Å²) in [5.41, 5.74) is -0.162. The van der Waals surface area contributed by atoms with Crippen molar-refractivity contribution in [2.45, 2.75) is 19.6 Å². The van der Waals surface area contributed by atoms with Gasteiger partial charge in [0.15, 0.2) is 0 Å². The maximum atomic E-state index is 11.7. The zero-order valence-corrected chi connectivity index (χ0v) is 10.4. The van der Waals surface area contributed by atoms with E-state index in [1.165, 1.54) is 23.9 Å². The molecule has 0 aliphatic heterocycles. The average Bonchev–Trinajstić information content (AvgIpc) is 2.35. The highest BCUT2D eigenvalue weighted by Gasteiger charge is 2.09. The van der Waals surface area contributed by atoms with Crippen LogP contribution in [0.1, 0.15) is 17.4 Å². The van der Waals surface area contributed by atoms with Crippen molar-refractivity contribution in [3.8, 4) is 0 Å². The smallest absolute Gasteiger partial charge is 0.271 e. The minimum Gasteiger partial charge on any atom is -0.392 e. The number of amides is 1. The Kier molecular flexibility index (Phi) is 5.47. The van der Waals surface area contributed by atoms with Crippen LogP contribution in [-0.4, -0.2) is 47.2 Å². The Bertz CT molecular complexity index is 456. The van der Waals surface area contributed by atoms with Crippen LogP contribution in [0.25, 0.3) is 0 Å². The first-order valence-electron chi connectivity index (χ1n) is 5.58. The number of nitrogens with one attached hydrogen (secondary N) is 1. The van der Waals surface area contributed by atoms with Crippen LogP contribution in [0.3, 0.4) is 0 Å². The molecule has 1 atom stereocenters. The Hall–Kier alpha value is -1.73. The SMILES string of the molecule is COCCn1nc(C(=O)NC[C@H](C)O)ccc1=O. The Morgan fingerprint density at radius 1 is 1.61 bits per heavy atom. The molecule has 1 rings (SSSR count). The average molecular weight is 255 g/mol. The highest BCUT2D eigenvalue weighted by atomic mass is 16.5. The molecule has 0 aliphatic rings. The van der Waals surface area contributed by atoms with Crippen LogP contribution in [0, 0.1) is 0 Å². The fraction of sp³-hybridized carbons (Fsp3) is 0.545. The van der Waals surface area contributed by atoms with E-state index >= 15 is 0 Å². The second-order valence-electron chi connectivity index (χ2n) is 3.83. The third-order valence-electron chi connectivity index (χ3n) is 2.16. The summed E-state index contributed by atoms with van der Waals surface area (Å²) in [6.45, 7) is 2.32. The van der Waals surface area contributed by atoms with Gasteiger partial charge >= 0.3 is 0 Å². The molecule has 0 unspecified atom stereocenters. The van der Waals surface area contributed by atoms with Gasteiger partial charge in [-0.3, -0.25) is 9.59 Å². The number of aromatic nitrogens is 2. The first-order chi connectivity index (χ1) is 8.54. The Labute approximate surface area is 104 Å². The van der Waals surface area contributed by atoms with Crippen molar-refractivity contribution in [1.29, 1.82) is 0 Å². The van der Waals surface area contributed by atoms with E-state index in [1.807, 2.05) is 0 Å². The molecule has 1 heterocycles. The first-order valence-corrected chi connectivity index (χ1v) is 5.58. The lowest BCUT2D eigenvalue weighted by atomic mass is 10.3. The molecule has 18 heavy (non-hydrogen) atoms. The number of hydrogen-bond acceptors (Lipinski definition) is 5. The van der Waals surface area contributed by atoms with Gasteiger partial charge < -0.3 is 15.2 Å². The molecular formula is C11H17N3O4. The fourth-order valence-electron chi connectivity index (χ4n) is 1.24. The number of ether oxygens (including phenoxy) is 1. The van der Waals surface area contributed by atoms with E-state index in [0.29, 0.717) is 6.61 Å². The van der Waals surface area contributed by atoms with Gasteiger partial charge in [0.2, 0.25) is 0 Å². The molecule has 7 nitrogen and oxygen atoms in total. The summed E-state index contributed by atoms with van der Waals surface area (Å²) >= 11 is 0. The third kappa shape index (κ3) is 4.27. The Morgan fingerprint density at radius 2 is 2.33 bits per heavy atom. The summed E-state index contributed by atoms with van der Waals surface area (Å²) in [5.74, 6) is -0.429. The van der Waals surface area contributed by atoms with Gasteiger partial charge in [-0.15, -0.1) is 0 Å². The number of aliphatic hydroxyl groups is 1. The van der Waals surface area contributed by atoms with Crippen LogP contribution in [-0.2, 0) is 11.3 Å². The molecule has 1 aromatic rings. The molecule has 0 bridgehead atoms. The zero-order chi connectivity index (χ0) is 13.5. The van der Waals surface area contributed by atoms with E-state index < -0.39 is 12.0 Å². The molecule has 1 amide bonds. The van der Waals surface area contributed by atoms with Crippen LogP contribution >= 0.6 is 0 Å². The van der Waals surface area contributed by atoms with Crippen molar-refractivity contribution in [2.75, 3.05) is 20.3 Å². The zero-order valence-electron chi connectivity index (χ0n) is 10.4. The van der Waals surface area contributed by atoms with Gasteiger partial charge in [0.25, 0.3) is 11.5 Å². The van der Waals surface area contributed by atoms with Gasteiger partial charge in [-0.1, -0.05) is 0 Å². The van der Waals surface area contributed by atoms with Crippen LogP contribution in [0.5, 0.6) is 0 Å². The van der Waals surface area contributed by atoms with E-state index in [0.717, 1.165) is 0 Å². The maximum Gasteiger partial charge on any atom is 0.271 e. The molecular weight excluding hydrogens is 238 g/mol. The van der Waals surface area contributed by atoms with Gasteiger partial charge in [-0.05, 0) is 13.0 Å². The molecule has 0 fully saturated rings. The summed E-state index contributed by atoms with van der Waals surface area (Å²) in [7, 11) is 1.52. The molecule has 0 spiro atoms. The van der Waals surface area contributed by atoms with E-state index in [1.54, 1.807) is 6.92 Å². The molecule has 100 valence electrons. The quantitative estimate of drug-likeness (QED) is 0.680. The van der Waals surface area contributed by atoms with Crippen LogP contribution in [0.4, 0.5) is 0 Å². The largest absolute Gasteiger partial charge is 0.392 e. The predicted molar refractivity (Wildman–Crippen MR) is 64.4 cm³/mol. The minimum atomic E-state index is -0.631. The summed E-state index contributed by atoms with van der Waals surface area (Å²) < 4.78 is 6.01. The van der Waals surface area contributed by atoms with Gasteiger partial charge in [0, 0.05) is 19.7 Å². The normalized spacial score (nSPS) is 12.2. The lowest BCUT2D eigenvalue weighted by molar-refractivity contribution is 0.0915. The monoisotopic (exact) mass is 255 g/mol. The molecule has 2 N–H and O–H groups in total. The molecule has 1 aromatic heterocycles. The van der Waals surface area contributed by atoms with E-state index in [2.05, 4.69) is 10.4 Å². The number of aliphatic hydroxyl groups excluding tert-OH is 1. The Morgan fingerprint density at radius 3 is 2.94 bits per heavy atom. The number of methoxy groups -OCH3 is 1. The summed E-state index contributed by atoms with van der Waals surface area (Å²) in [6, 6.07) is 2.63. The summed E-state index contributed by atoms with van der Waals surface area (Å²) in [6.07, 6.45) is -0.631. The van der Waals surface area contributed by atoms with E-state index in [9.17, 15) is 9.59 Å². The lowest BCUT2D eigenvalue weighted by Gasteiger charge is -2.08. The van der Waals surface area contributed by atoms with Crippen molar-refractivity contribution in [3.63, 3.8) is 0 Å². The van der Waals surface area contributed by atoms with E-state index in [-0.39, 0.29) is 24.3 Å². The van der Waals surface area contributed by atoms with Crippen LogP contribution < -0.4 is 10.9 Å². The van der Waals surface area contributed by atoms with Crippen molar-refractivity contribution < 1.29 is 14.6 Å². The molecule has 0 saturated carbocycles. The van der Waals surface area contributed by atoms with Gasteiger partial charge in [0.05, 0.1) is 19.3 Å². The first kappa shape index (κ1) is 14.3. The fourth-order valence-corrected chi connectivity index (χ4v) is 1.24. The summed E-state index contributed by atoms with van der Waals surface area (Å²) in [4.78, 5) is 23.1. The van der Waals surface area contributed by atoms with Gasteiger partial charge in [0.1, 0.15) is 5.69 Å². The van der Waals surface area contributed by atoms with Crippen molar-refractivity contribution >= 4 is 5.91 Å². The summed E-state index contributed by atoms with van der Waals surface area (Å²) in [5, 5.41) is 15.5. The van der Waals surface area contributed by atoms with Gasteiger partial charge in [-0.25, -0.2) is 4.68 Å². The number of carbonyl (C=O) groups is 1. The topological polar surface area (TPSA) is 93.5 Å². The van der Waals surface area contributed by atoms with Crippen molar-refractivity contribution in [1.82, 2.24) is 15.1 Å². The van der Waals surface area contributed by atoms with Crippen LogP contribution in [0.15, 0.2) is 16.9 Å². The number of rotatable bonds is 6. The predicted octanol–water partition coefficient (Wildman–Crippen LogP) is -1.000. The second-order valence-corrected chi connectivity index (χ2v) is 3.83. The maximum absolute atomic E-state index is 11.7. The molecule has 7 heteroatoms. The van der Waals surface area contributed by atoms with Crippen molar-refractivity contribution in [3.05, 3.63) is 28.2 Å². The minimum absolute atomic E-state index is 0.131. The molecule has 0 radical (unpaired) electrons. The van der Waals surface area contributed by atoms with Crippen molar-refractivity contribution in [2.24, 2.45) is 0 Å². The van der Waals surface area contributed by atoms with Crippen LogP contribution in [0.2, 0.25) is 0 Å². The van der Waals surface area contributed by atoms with Gasteiger partial charge in [-0.2, -0.15) is 5.10 Å². The Balaban J connectivity index is 2.77. The molecule has 0 aromatic carbocycles. The molecule has 0 saturated heterocycles. The standard InChI is InChI=1S/C11H17N3O4/c1-8(15)7-12-11(17)9-3-4-10(16)14(13-9)5-6-18-2/h3-4,8,15H,5-7H2,1-2H3,(H,12,17)/t8-/m0/s1. The second kappa shape index (κ2) is 6.87. The lowest BCUT2D eigenvalue weighted by Crippen LogP contribution is -2.33. The molecule has 0 aliphatic carbocycles. The highest BCUT2D eigenvalue weighted by Crippen LogP contribution is 1.91. The third-order valence-corrected chi connectivity index (χ3v) is 2.16. The highest BCUT2D eigenvalue weighted by molar-refractivity contribution is 5.91. The number of carbonyl (C=O) groups excluding carboxylic acids is 1.